The van der Waals surface area contributed by atoms with Gasteiger partial charge in [0, 0.05) is 22.2 Å². The molecule has 3 aromatic carbocycles. The van der Waals surface area contributed by atoms with Crippen molar-refractivity contribution in [2.45, 2.75) is 0 Å². The summed E-state index contributed by atoms with van der Waals surface area (Å²) in [7, 11) is 0. The molecule has 1 aliphatic heterocycles. The molecule has 4 aromatic rings. The van der Waals surface area contributed by atoms with Crippen LogP contribution in [0.1, 0.15) is 0 Å². The van der Waals surface area contributed by atoms with Crippen LogP contribution < -0.4 is 14.2 Å². The molecule has 1 aliphatic rings. The first-order valence-electron chi connectivity index (χ1n) is 9.88. The number of benzene rings is 3. The Morgan fingerprint density at radius 1 is 1.09 bits per heavy atom. The van der Waals surface area contributed by atoms with Gasteiger partial charge in [-0.3, -0.25) is 0 Å². The van der Waals surface area contributed by atoms with Crippen molar-refractivity contribution >= 4 is 17.6 Å². The topological polar surface area (TPSA) is 82.8 Å². The Morgan fingerprint density at radius 3 is 2.58 bits per heavy atom. The highest BCUT2D eigenvalue weighted by molar-refractivity contribution is 6.30. The summed E-state index contributed by atoms with van der Waals surface area (Å²) in [6.45, 7) is -0.485. The third-order valence-corrected chi connectivity index (χ3v) is 5.24. The Hall–Kier alpha value is -4.04. The normalized spacial score (nSPS) is 12.1. The number of carbonyl (C=O) groups is 1. The molecule has 0 radical (unpaired) electrons. The second-order valence-electron chi connectivity index (χ2n) is 7.20. The molecule has 33 heavy (non-hydrogen) atoms. The van der Waals surface area contributed by atoms with E-state index in [1.54, 1.807) is 53.2 Å². The standard InChI is InChI=1S/C24H16ClFN2O5/c25-15-2-1-3-17(8-15)28-20(14-4-6-16(26)7-5-14)10-19(27-28)18-9-22-23(33-13-32-22)11-21(18)31-12-24(29)30/h1-11H,12-13H2,(H,29,30). The predicted octanol–water partition coefficient (Wildman–Crippen LogP) is 5.19. The van der Waals surface area contributed by atoms with Crippen LogP contribution in [0.4, 0.5) is 4.39 Å². The first-order valence-corrected chi connectivity index (χ1v) is 10.3. The van der Waals surface area contributed by atoms with Gasteiger partial charge in [0.15, 0.2) is 18.1 Å². The molecule has 0 saturated carbocycles. The van der Waals surface area contributed by atoms with Crippen LogP contribution in [0.15, 0.2) is 66.7 Å². The lowest BCUT2D eigenvalue weighted by molar-refractivity contribution is -0.139. The zero-order valence-corrected chi connectivity index (χ0v) is 17.8. The van der Waals surface area contributed by atoms with Gasteiger partial charge in [0.2, 0.25) is 6.79 Å². The number of halogens is 2. The zero-order valence-electron chi connectivity index (χ0n) is 17.0. The molecule has 0 saturated heterocycles. The Balaban J connectivity index is 1.68. The number of nitrogens with zero attached hydrogens (tertiary/aromatic N) is 2. The van der Waals surface area contributed by atoms with Gasteiger partial charge < -0.3 is 19.3 Å². The number of aliphatic carboxylic acids is 1. The Bertz CT molecular complexity index is 1350. The maximum absolute atomic E-state index is 13.5. The van der Waals surface area contributed by atoms with Gasteiger partial charge >= 0.3 is 5.97 Å². The largest absolute Gasteiger partial charge is 0.481 e. The maximum Gasteiger partial charge on any atom is 0.341 e. The summed E-state index contributed by atoms with van der Waals surface area (Å²) < 4.78 is 31.6. The fourth-order valence-electron chi connectivity index (χ4n) is 3.53. The number of ether oxygens (including phenoxy) is 3. The number of carboxylic acids is 1. The van der Waals surface area contributed by atoms with Crippen molar-refractivity contribution in [3.8, 4) is 45.5 Å². The third-order valence-electron chi connectivity index (χ3n) is 5.00. The fraction of sp³-hybridized carbons (Fsp3) is 0.0833. The van der Waals surface area contributed by atoms with Crippen LogP contribution in [0.2, 0.25) is 5.02 Å². The van der Waals surface area contributed by atoms with Crippen molar-refractivity contribution in [2.24, 2.45) is 0 Å². The summed E-state index contributed by atoms with van der Waals surface area (Å²) in [6.07, 6.45) is 0. The van der Waals surface area contributed by atoms with Crippen LogP contribution >= 0.6 is 11.6 Å². The molecule has 2 heterocycles. The van der Waals surface area contributed by atoms with Crippen molar-refractivity contribution in [3.63, 3.8) is 0 Å². The first-order chi connectivity index (χ1) is 16.0. The van der Waals surface area contributed by atoms with E-state index < -0.39 is 12.6 Å². The van der Waals surface area contributed by atoms with E-state index in [4.69, 9.17) is 36.0 Å². The lowest BCUT2D eigenvalue weighted by Gasteiger charge is -2.10. The second kappa shape index (κ2) is 8.48. The van der Waals surface area contributed by atoms with Gasteiger partial charge in [-0.25, -0.2) is 13.9 Å². The molecular weight excluding hydrogens is 451 g/mol. The quantitative estimate of drug-likeness (QED) is 0.421. The number of rotatable bonds is 6. The molecule has 1 aromatic heterocycles. The smallest absolute Gasteiger partial charge is 0.341 e. The van der Waals surface area contributed by atoms with Crippen molar-refractivity contribution in [1.29, 1.82) is 0 Å². The van der Waals surface area contributed by atoms with Gasteiger partial charge in [-0.2, -0.15) is 5.10 Å². The van der Waals surface area contributed by atoms with E-state index in [0.717, 1.165) is 5.56 Å². The molecule has 9 heteroatoms. The van der Waals surface area contributed by atoms with Crippen molar-refractivity contribution < 1.29 is 28.5 Å². The number of carboxylic acid groups (broad SMARTS) is 1. The van der Waals surface area contributed by atoms with Gasteiger partial charge in [0.25, 0.3) is 0 Å². The molecular formula is C24H16ClFN2O5. The van der Waals surface area contributed by atoms with Crippen molar-refractivity contribution in [3.05, 3.63) is 77.6 Å². The summed E-state index contributed by atoms with van der Waals surface area (Å²) in [5, 5.41) is 14.4. The fourth-order valence-corrected chi connectivity index (χ4v) is 3.71. The van der Waals surface area contributed by atoms with E-state index in [1.807, 2.05) is 6.07 Å². The zero-order chi connectivity index (χ0) is 22.9. The van der Waals surface area contributed by atoms with E-state index in [1.165, 1.54) is 12.1 Å². The van der Waals surface area contributed by atoms with Crippen LogP contribution in [0.5, 0.6) is 17.2 Å². The summed E-state index contributed by atoms with van der Waals surface area (Å²) in [4.78, 5) is 11.1. The minimum atomic E-state index is -1.12. The first kappa shape index (κ1) is 20.8. The van der Waals surface area contributed by atoms with Gasteiger partial charge in [-0.05, 0) is 54.6 Å². The van der Waals surface area contributed by atoms with Crippen molar-refractivity contribution in [2.75, 3.05) is 13.4 Å². The molecule has 1 N–H and O–H groups in total. The van der Waals surface area contributed by atoms with E-state index in [2.05, 4.69) is 0 Å². The average Bonchev–Trinajstić information content (AvgIpc) is 3.44. The molecule has 166 valence electrons. The molecule has 7 nitrogen and oxygen atoms in total. The summed E-state index contributed by atoms with van der Waals surface area (Å²) in [5.41, 5.74) is 3.11. The van der Waals surface area contributed by atoms with Gasteiger partial charge in [-0.1, -0.05) is 17.7 Å². The van der Waals surface area contributed by atoms with Gasteiger partial charge in [0.1, 0.15) is 11.6 Å². The maximum atomic E-state index is 13.5. The van der Waals surface area contributed by atoms with Crippen LogP contribution in [0, 0.1) is 5.82 Å². The number of fused-ring (bicyclic) bond motifs is 1. The van der Waals surface area contributed by atoms with Crippen LogP contribution in [0.3, 0.4) is 0 Å². The average molecular weight is 467 g/mol. The summed E-state index contributed by atoms with van der Waals surface area (Å²) >= 11 is 6.20. The van der Waals surface area contributed by atoms with E-state index in [0.29, 0.717) is 39.2 Å². The monoisotopic (exact) mass is 466 g/mol. The Morgan fingerprint density at radius 2 is 1.85 bits per heavy atom. The molecule has 0 fully saturated rings. The lowest BCUT2D eigenvalue weighted by Crippen LogP contribution is -2.10. The molecule has 0 atom stereocenters. The minimum Gasteiger partial charge on any atom is -0.481 e. The Labute approximate surface area is 192 Å². The number of hydrogen-bond acceptors (Lipinski definition) is 5. The lowest BCUT2D eigenvalue weighted by atomic mass is 10.1. The van der Waals surface area contributed by atoms with Crippen LogP contribution in [-0.4, -0.2) is 34.3 Å². The molecule has 0 spiro atoms. The highest BCUT2D eigenvalue weighted by Gasteiger charge is 2.23. The predicted molar refractivity (Wildman–Crippen MR) is 119 cm³/mol. The number of hydrogen-bond donors (Lipinski definition) is 1. The molecule has 0 unspecified atom stereocenters. The molecule has 5 rings (SSSR count). The summed E-state index contributed by atoms with van der Waals surface area (Å²) in [5.74, 6) is -0.244. The van der Waals surface area contributed by atoms with Gasteiger partial charge in [0.05, 0.1) is 17.1 Å². The highest BCUT2D eigenvalue weighted by Crippen LogP contribution is 2.43. The minimum absolute atomic E-state index is 0.0505. The molecule has 0 amide bonds. The van der Waals surface area contributed by atoms with Crippen LogP contribution in [0.25, 0.3) is 28.2 Å². The Kier molecular flexibility index (Phi) is 5.35. The van der Waals surface area contributed by atoms with Crippen molar-refractivity contribution in [1.82, 2.24) is 9.78 Å². The van der Waals surface area contributed by atoms with E-state index in [9.17, 15) is 9.18 Å². The van der Waals surface area contributed by atoms with Gasteiger partial charge in [-0.15, -0.1) is 0 Å². The highest BCUT2D eigenvalue weighted by atomic mass is 35.5. The van der Waals surface area contributed by atoms with E-state index in [-0.39, 0.29) is 18.4 Å². The van der Waals surface area contributed by atoms with Crippen LogP contribution in [-0.2, 0) is 4.79 Å². The summed E-state index contributed by atoms with van der Waals surface area (Å²) in [6, 6.07) is 18.3. The van der Waals surface area contributed by atoms with E-state index >= 15 is 0 Å². The SMILES string of the molecule is O=C(O)COc1cc2c(cc1-c1cc(-c3ccc(F)cc3)n(-c3cccc(Cl)c3)n1)OCO2. The third kappa shape index (κ3) is 4.20. The molecule has 0 bridgehead atoms. The number of aromatic nitrogens is 2. The second-order valence-corrected chi connectivity index (χ2v) is 7.63. The molecule has 0 aliphatic carbocycles.